The second-order valence-electron chi connectivity index (χ2n) is 6.61. The number of pyridine rings is 1. The van der Waals surface area contributed by atoms with Crippen LogP contribution in [0.4, 0.5) is 10.1 Å². The van der Waals surface area contributed by atoms with Crippen molar-refractivity contribution in [3.8, 4) is 5.75 Å². The lowest BCUT2D eigenvalue weighted by molar-refractivity contribution is 0.0754. The Kier molecular flexibility index (Phi) is 6.24. The van der Waals surface area contributed by atoms with Gasteiger partial charge in [0.05, 0.1) is 17.9 Å². The van der Waals surface area contributed by atoms with E-state index in [4.69, 9.17) is 4.74 Å². The lowest BCUT2D eigenvalue weighted by atomic mass is 10.1. The third-order valence-corrected chi connectivity index (χ3v) is 4.63. The van der Waals surface area contributed by atoms with Gasteiger partial charge in [0.2, 0.25) is 0 Å². The van der Waals surface area contributed by atoms with E-state index in [1.165, 1.54) is 6.07 Å². The molecule has 0 aliphatic carbocycles. The number of nitrogens with one attached hydrogen (secondary N) is 1. The van der Waals surface area contributed by atoms with Crippen LogP contribution >= 0.6 is 0 Å². The Balaban J connectivity index is 1.70. The van der Waals surface area contributed by atoms with Gasteiger partial charge >= 0.3 is 0 Å². The molecule has 144 valence electrons. The van der Waals surface area contributed by atoms with Gasteiger partial charge in [-0.1, -0.05) is 6.07 Å². The molecule has 7 heteroatoms. The number of nitrogens with zero attached hydrogens (tertiary/aromatic N) is 3. The Morgan fingerprint density at radius 3 is 2.93 bits per heavy atom. The molecule has 3 rings (SSSR count). The number of fused-ring (bicyclic) bond motifs is 1. The van der Waals surface area contributed by atoms with Crippen LogP contribution in [-0.2, 0) is 6.54 Å². The molecule has 27 heavy (non-hydrogen) atoms. The number of rotatable bonds is 7. The van der Waals surface area contributed by atoms with Crippen molar-refractivity contribution in [2.45, 2.75) is 13.0 Å². The minimum atomic E-state index is -0.404. The molecule has 1 aliphatic rings. The normalized spacial score (nSPS) is 14.1. The third kappa shape index (κ3) is 4.54. The molecule has 0 unspecified atom stereocenters. The highest BCUT2D eigenvalue weighted by molar-refractivity contribution is 6.00. The van der Waals surface area contributed by atoms with Crippen LogP contribution < -0.4 is 15.0 Å². The molecule has 6 nitrogen and oxygen atoms in total. The summed E-state index contributed by atoms with van der Waals surface area (Å²) in [5.41, 5.74) is 2.18. The van der Waals surface area contributed by atoms with Crippen molar-refractivity contribution in [2.75, 3.05) is 45.2 Å². The van der Waals surface area contributed by atoms with Crippen molar-refractivity contribution in [1.82, 2.24) is 15.2 Å². The predicted molar refractivity (Wildman–Crippen MR) is 103 cm³/mol. The maximum atomic E-state index is 14.3. The topological polar surface area (TPSA) is 57.7 Å². The summed E-state index contributed by atoms with van der Waals surface area (Å²) in [7, 11) is 3.82. The Morgan fingerprint density at radius 2 is 2.15 bits per heavy atom. The SMILES string of the molecule is CNCCCOc1ccc(CN2CCN(C)c3ccncc3C2=O)cc1F. The average Bonchev–Trinajstić information content (AvgIpc) is 2.79. The van der Waals surface area contributed by atoms with Gasteiger partial charge < -0.3 is 19.9 Å². The number of halogens is 1. The Hall–Kier alpha value is -2.67. The van der Waals surface area contributed by atoms with E-state index in [0.29, 0.717) is 31.8 Å². The summed E-state index contributed by atoms with van der Waals surface area (Å²) in [6, 6.07) is 6.73. The van der Waals surface area contributed by atoms with Crippen molar-refractivity contribution in [2.24, 2.45) is 0 Å². The molecule has 0 spiro atoms. The number of ether oxygens (including phenoxy) is 1. The molecule has 2 heterocycles. The number of carbonyl (C=O) groups is 1. The fourth-order valence-corrected chi connectivity index (χ4v) is 3.11. The summed E-state index contributed by atoms with van der Waals surface area (Å²) < 4.78 is 19.8. The number of benzene rings is 1. The van der Waals surface area contributed by atoms with Gasteiger partial charge in [-0.3, -0.25) is 9.78 Å². The molecule has 0 saturated heterocycles. The van der Waals surface area contributed by atoms with Crippen molar-refractivity contribution < 1.29 is 13.9 Å². The van der Waals surface area contributed by atoms with E-state index < -0.39 is 5.82 Å². The molecular formula is C20H25FN4O2. The molecule has 1 aromatic carbocycles. The van der Waals surface area contributed by atoms with Crippen LogP contribution in [0.2, 0.25) is 0 Å². The minimum absolute atomic E-state index is 0.0877. The minimum Gasteiger partial charge on any atom is -0.490 e. The molecular weight excluding hydrogens is 347 g/mol. The highest BCUT2D eigenvalue weighted by Crippen LogP contribution is 2.25. The number of amides is 1. The van der Waals surface area contributed by atoms with Crippen LogP contribution in [0.25, 0.3) is 0 Å². The summed E-state index contributed by atoms with van der Waals surface area (Å²) in [6.45, 7) is 2.89. The second-order valence-corrected chi connectivity index (χ2v) is 6.61. The van der Waals surface area contributed by atoms with Crippen LogP contribution in [0.5, 0.6) is 5.75 Å². The number of hydrogen-bond acceptors (Lipinski definition) is 5. The van der Waals surface area contributed by atoms with E-state index in [0.717, 1.165) is 24.2 Å². The summed E-state index contributed by atoms with van der Waals surface area (Å²) in [4.78, 5) is 20.7. The number of anilines is 1. The number of hydrogen-bond donors (Lipinski definition) is 1. The Labute approximate surface area is 158 Å². The maximum Gasteiger partial charge on any atom is 0.257 e. The van der Waals surface area contributed by atoms with Crippen LogP contribution in [0.15, 0.2) is 36.7 Å². The number of carbonyl (C=O) groups excluding carboxylic acids is 1. The van der Waals surface area contributed by atoms with E-state index in [1.807, 2.05) is 31.1 Å². The van der Waals surface area contributed by atoms with Crippen molar-refractivity contribution >= 4 is 11.6 Å². The Morgan fingerprint density at radius 1 is 1.30 bits per heavy atom. The molecule has 0 bridgehead atoms. The van der Waals surface area contributed by atoms with E-state index >= 15 is 0 Å². The zero-order chi connectivity index (χ0) is 19.2. The van der Waals surface area contributed by atoms with Gasteiger partial charge in [0.1, 0.15) is 0 Å². The molecule has 1 aliphatic heterocycles. The quantitative estimate of drug-likeness (QED) is 0.756. The highest BCUT2D eigenvalue weighted by atomic mass is 19.1. The van der Waals surface area contributed by atoms with E-state index in [-0.39, 0.29) is 11.7 Å². The second kappa shape index (κ2) is 8.81. The van der Waals surface area contributed by atoms with Gasteiger partial charge in [0, 0.05) is 39.1 Å². The first-order chi connectivity index (χ1) is 13.1. The number of aromatic nitrogens is 1. The zero-order valence-electron chi connectivity index (χ0n) is 15.7. The zero-order valence-corrected chi connectivity index (χ0v) is 15.7. The molecule has 2 aromatic rings. The lowest BCUT2D eigenvalue weighted by Crippen LogP contribution is -2.33. The van der Waals surface area contributed by atoms with Gasteiger partial charge in [-0.05, 0) is 43.8 Å². The van der Waals surface area contributed by atoms with Crippen LogP contribution in [0, 0.1) is 5.82 Å². The summed E-state index contributed by atoms with van der Waals surface area (Å²) in [5, 5.41) is 3.02. The van der Waals surface area contributed by atoms with Gasteiger partial charge in [0.25, 0.3) is 5.91 Å². The fraction of sp³-hybridized carbons (Fsp3) is 0.400. The van der Waals surface area contributed by atoms with Crippen molar-refractivity contribution in [3.63, 3.8) is 0 Å². The molecule has 1 aromatic heterocycles. The van der Waals surface area contributed by atoms with Crippen molar-refractivity contribution in [3.05, 3.63) is 53.6 Å². The molecule has 0 fully saturated rings. The van der Waals surface area contributed by atoms with E-state index in [9.17, 15) is 9.18 Å². The first-order valence-corrected chi connectivity index (χ1v) is 9.10. The van der Waals surface area contributed by atoms with Crippen LogP contribution in [-0.4, -0.2) is 56.1 Å². The molecule has 0 radical (unpaired) electrons. The van der Waals surface area contributed by atoms with Crippen LogP contribution in [0.3, 0.4) is 0 Å². The summed E-state index contributed by atoms with van der Waals surface area (Å²) in [5.74, 6) is -0.250. The summed E-state index contributed by atoms with van der Waals surface area (Å²) >= 11 is 0. The van der Waals surface area contributed by atoms with Crippen LogP contribution in [0.1, 0.15) is 22.3 Å². The standard InChI is InChI=1S/C20H25FN4O2/c1-22-7-3-11-27-19-5-4-15(12-17(19)21)14-25-10-9-24(2)18-6-8-23-13-16(18)20(25)26/h4-6,8,12-13,22H,3,7,9-11,14H2,1-2H3. The molecule has 1 N–H and O–H groups in total. The largest absolute Gasteiger partial charge is 0.490 e. The van der Waals surface area contributed by atoms with Gasteiger partial charge in [-0.15, -0.1) is 0 Å². The smallest absolute Gasteiger partial charge is 0.257 e. The molecule has 1 amide bonds. The van der Waals surface area contributed by atoms with Gasteiger partial charge in [-0.2, -0.15) is 0 Å². The predicted octanol–water partition coefficient (Wildman–Crippen LogP) is 2.30. The third-order valence-electron chi connectivity index (χ3n) is 4.63. The van der Waals surface area contributed by atoms with Gasteiger partial charge in [-0.25, -0.2) is 4.39 Å². The molecule has 0 saturated carbocycles. The van der Waals surface area contributed by atoms with Crippen molar-refractivity contribution in [1.29, 1.82) is 0 Å². The first kappa shape index (κ1) is 19.1. The summed E-state index contributed by atoms with van der Waals surface area (Å²) in [6.07, 6.45) is 4.08. The van der Waals surface area contributed by atoms with E-state index in [2.05, 4.69) is 10.3 Å². The molecule has 0 atom stereocenters. The fourth-order valence-electron chi connectivity index (χ4n) is 3.11. The lowest BCUT2D eigenvalue weighted by Gasteiger charge is -2.21. The average molecular weight is 372 g/mol. The number of likely N-dealkylation sites (N-methyl/N-ethyl adjacent to an activating group) is 1. The Bertz CT molecular complexity index is 799. The van der Waals surface area contributed by atoms with E-state index in [1.54, 1.807) is 23.4 Å². The van der Waals surface area contributed by atoms with Gasteiger partial charge in [0.15, 0.2) is 11.6 Å². The maximum absolute atomic E-state index is 14.3. The monoisotopic (exact) mass is 372 g/mol. The highest BCUT2D eigenvalue weighted by Gasteiger charge is 2.25. The first-order valence-electron chi connectivity index (χ1n) is 9.10.